The molecule has 0 aliphatic carbocycles. The number of carbonyl (C=O) groups is 2. The summed E-state index contributed by atoms with van der Waals surface area (Å²) in [6, 6.07) is 13.4. The van der Waals surface area contributed by atoms with Crippen molar-refractivity contribution < 1.29 is 14.3 Å². The average molecular weight is 338 g/mol. The zero-order chi connectivity index (χ0) is 17.8. The first-order chi connectivity index (χ1) is 11.9. The molecular weight excluding hydrogens is 320 g/mol. The van der Waals surface area contributed by atoms with Gasteiger partial charge < -0.3 is 16.2 Å². The SMILES string of the molecule is CC1Oc2ccc(N)cc2N2C(=O)N(C(N)=O)CC12c1ccccc1. The van der Waals surface area contributed by atoms with Crippen LogP contribution >= 0.6 is 0 Å². The molecule has 1 saturated heterocycles. The lowest BCUT2D eigenvalue weighted by atomic mass is 9.82. The van der Waals surface area contributed by atoms with Crippen molar-refractivity contribution in [3.8, 4) is 5.75 Å². The minimum Gasteiger partial charge on any atom is -0.486 e. The summed E-state index contributed by atoms with van der Waals surface area (Å²) in [7, 11) is 0. The third-order valence-electron chi connectivity index (χ3n) is 4.96. The maximum atomic E-state index is 13.0. The molecule has 2 aliphatic heterocycles. The molecule has 4 amide bonds. The van der Waals surface area contributed by atoms with Crippen LogP contribution in [0.3, 0.4) is 0 Å². The molecular formula is C18H18N4O3. The van der Waals surface area contributed by atoms with Crippen molar-refractivity contribution in [2.45, 2.75) is 18.6 Å². The fourth-order valence-electron chi connectivity index (χ4n) is 3.75. The van der Waals surface area contributed by atoms with Gasteiger partial charge in [0.2, 0.25) is 0 Å². The predicted octanol–water partition coefficient (Wildman–Crippen LogP) is 2.27. The number of hydrogen-bond acceptors (Lipinski definition) is 4. The van der Waals surface area contributed by atoms with E-state index in [1.807, 2.05) is 37.3 Å². The summed E-state index contributed by atoms with van der Waals surface area (Å²) in [4.78, 5) is 27.5. The lowest BCUT2D eigenvalue weighted by Gasteiger charge is -2.46. The van der Waals surface area contributed by atoms with Crippen LogP contribution < -0.4 is 21.1 Å². The van der Waals surface area contributed by atoms with E-state index in [1.54, 1.807) is 23.1 Å². The van der Waals surface area contributed by atoms with E-state index in [0.717, 1.165) is 10.5 Å². The molecule has 2 heterocycles. The van der Waals surface area contributed by atoms with E-state index in [2.05, 4.69) is 0 Å². The van der Waals surface area contributed by atoms with Crippen LogP contribution in [0.2, 0.25) is 0 Å². The lowest BCUT2D eigenvalue weighted by molar-refractivity contribution is 0.112. The Hall–Kier alpha value is -3.22. The van der Waals surface area contributed by atoms with Crippen LogP contribution in [0.1, 0.15) is 12.5 Å². The van der Waals surface area contributed by atoms with Crippen molar-refractivity contribution in [2.24, 2.45) is 5.73 Å². The number of fused-ring (bicyclic) bond motifs is 3. The van der Waals surface area contributed by atoms with Crippen molar-refractivity contribution in [1.29, 1.82) is 0 Å². The molecule has 2 aliphatic rings. The van der Waals surface area contributed by atoms with Crippen molar-refractivity contribution in [3.05, 3.63) is 54.1 Å². The molecule has 4 N–H and O–H groups in total. The van der Waals surface area contributed by atoms with E-state index in [-0.39, 0.29) is 12.6 Å². The Bertz CT molecular complexity index is 870. The largest absolute Gasteiger partial charge is 0.486 e. The number of nitrogens with two attached hydrogens (primary N) is 2. The van der Waals surface area contributed by atoms with Gasteiger partial charge in [-0.1, -0.05) is 30.3 Å². The van der Waals surface area contributed by atoms with E-state index in [4.69, 9.17) is 16.2 Å². The number of urea groups is 2. The van der Waals surface area contributed by atoms with Gasteiger partial charge in [0.15, 0.2) is 0 Å². The van der Waals surface area contributed by atoms with Crippen LogP contribution in [0.5, 0.6) is 5.75 Å². The number of hydrogen-bond donors (Lipinski definition) is 2. The Labute approximate surface area is 144 Å². The van der Waals surface area contributed by atoms with E-state index in [9.17, 15) is 9.59 Å². The Balaban J connectivity index is 1.99. The molecule has 7 heteroatoms. The summed E-state index contributed by atoms with van der Waals surface area (Å²) >= 11 is 0. The van der Waals surface area contributed by atoms with Crippen LogP contribution in [-0.4, -0.2) is 29.6 Å². The fourth-order valence-corrected chi connectivity index (χ4v) is 3.75. The van der Waals surface area contributed by atoms with Crippen LogP contribution in [0, 0.1) is 0 Å². The van der Waals surface area contributed by atoms with Gasteiger partial charge in [0, 0.05) is 5.69 Å². The van der Waals surface area contributed by atoms with Crippen molar-refractivity contribution in [3.63, 3.8) is 0 Å². The number of rotatable bonds is 1. The minimum absolute atomic E-state index is 0.112. The monoisotopic (exact) mass is 338 g/mol. The highest BCUT2D eigenvalue weighted by atomic mass is 16.5. The molecule has 2 aromatic carbocycles. The van der Waals surface area contributed by atoms with E-state index < -0.39 is 17.6 Å². The van der Waals surface area contributed by atoms with Gasteiger partial charge in [-0.25, -0.2) is 14.5 Å². The van der Waals surface area contributed by atoms with Crippen LogP contribution in [0.4, 0.5) is 21.0 Å². The summed E-state index contributed by atoms with van der Waals surface area (Å²) in [5, 5.41) is 0. The maximum absolute atomic E-state index is 13.0. The smallest absolute Gasteiger partial charge is 0.333 e. The van der Waals surface area contributed by atoms with Crippen molar-refractivity contribution in [2.75, 3.05) is 17.2 Å². The summed E-state index contributed by atoms with van der Waals surface area (Å²) in [5.41, 5.74) is 12.4. The van der Waals surface area contributed by atoms with Gasteiger partial charge in [-0.3, -0.25) is 4.90 Å². The van der Waals surface area contributed by atoms with E-state index in [0.29, 0.717) is 17.1 Å². The Kier molecular flexibility index (Phi) is 3.15. The van der Waals surface area contributed by atoms with E-state index >= 15 is 0 Å². The van der Waals surface area contributed by atoms with Gasteiger partial charge in [0.1, 0.15) is 17.4 Å². The van der Waals surface area contributed by atoms with Gasteiger partial charge in [0.05, 0.1) is 12.2 Å². The highest BCUT2D eigenvalue weighted by Crippen LogP contribution is 2.50. The van der Waals surface area contributed by atoms with Crippen molar-refractivity contribution >= 4 is 23.4 Å². The first kappa shape index (κ1) is 15.3. The van der Waals surface area contributed by atoms with Gasteiger partial charge in [-0.15, -0.1) is 0 Å². The van der Waals surface area contributed by atoms with Crippen LogP contribution in [0.15, 0.2) is 48.5 Å². The number of benzene rings is 2. The average Bonchev–Trinajstić information content (AvgIpc) is 2.92. The molecule has 128 valence electrons. The summed E-state index contributed by atoms with van der Waals surface area (Å²) < 4.78 is 6.11. The molecule has 0 saturated carbocycles. The van der Waals surface area contributed by atoms with Crippen molar-refractivity contribution in [1.82, 2.24) is 4.90 Å². The summed E-state index contributed by atoms with van der Waals surface area (Å²) in [5.74, 6) is 0.549. The highest BCUT2D eigenvalue weighted by Gasteiger charge is 2.59. The number of imide groups is 1. The Morgan fingerprint density at radius 1 is 1.24 bits per heavy atom. The highest BCUT2D eigenvalue weighted by molar-refractivity contribution is 6.07. The lowest BCUT2D eigenvalue weighted by Crippen LogP contribution is -2.57. The third-order valence-corrected chi connectivity index (χ3v) is 4.96. The molecule has 0 aromatic heterocycles. The third kappa shape index (κ3) is 1.98. The number of amides is 4. The second-order valence-electron chi connectivity index (χ2n) is 6.32. The quantitative estimate of drug-likeness (QED) is 0.779. The Morgan fingerprint density at radius 2 is 1.96 bits per heavy atom. The number of nitrogen functional groups attached to an aromatic ring is 1. The second kappa shape index (κ2) is 5.14. The van der Waals surface area contributed by atoms with E-state index in [1.165, 1.54) is 0 Å². The van der Waals surface area contributed by atoms with Gasteiger partial charge >= 0.3 is 12.1 Å². The second-order valence-corrected chi connectivity index (χ2v) is 6.32. The molecule has 0 bridgehead atoms. The number of carbonyl (C=O) groups excluding carboxylic acids is 2. The number of anilines is 2. The first-order valence-corrected chi connectivity index (χ1v) is 7.98. The van der Waals surface area contributed by atoms with Crippen LogP contribution in [0.25, 0.3) is 0 Å². The molecule has 0 spiro atoms. The normalized spacial score (nSPS) is 24.5. The zero-order valence-electron chi connectivity index (χ0n) is 13.7. The standard InChI is InChI=1S/C18H18N4O3/c1-11-18(12-5-3-2-4-6-12)10-21(16(20)23)17(24)22(18)14-9-13(19)7-8-15(14)25-11/h2-9,11H,10,19H2,1H3,(H2,20,23). The molecule has 0 radical (unpaired) electrons. The molecule has 4 rings (SSSR count). The Morgan fingerprint density at radius 3 is 2.64 bits per heavy atom. The summed E-state index contributed by atoms with van der Waals surface area (Å²) in [6.45, 7) is 2.00. The molecule has 1 fully saturated rings. The first-order valence-electron chi connectivity index (χ1n) is 7.98. The summed E-state index contributed by atoms with van der Waals surface area (Å²) in [6.07, 6.45) is -0.390. The fraction of sp³-hybridized carbons (Fsp3) is 0.222. The molecule has 25 heavy (non-hydrogen) atoms. The van der Waals surface area contributed by atoms with Gasteiger partial charge in [0.25, 0.3) is 0 Å². The minimum atomic E-state index is -0.867. The van der Waals surface area contributed by atoms with Crippen LogP contribution in [-0.2, 0) is 5.54 Å². The molecule has 7 nitrogen and oxygen atoms in total. The number of nitrogens with zero attached hydrogens (tertiary/aromatic N) is 2. The number of ether oxygens (including phenoxy) is 1. The molecule has 2 unspecified atom stereocenters. The van der Waals surface area contributed by atoms with Gasteiger partial charge in [-0.2, -0.15) is 0 Å². The molecule has 2 atom stereocenters. The maximum Gasteiger partial charge on any atom is 0.333 e. The molecule has 2 aromatic rings. The topological polar surface area (TPSA) is 102 Å². The zero-order valence-corrected chi connectivity index (χ0v) is 13.7. The van der Waals surface area contributed by atoms with Gasteiger partial charge in [-0.05, 0) is 30.7 Å². The number of primary amides is 1. The predicted molar refractivity (Wildman–Crippen MR) is 93.2 cm³/mol.